The third kappa shape index (κ3) is 3.51. The van der Waals surface area contributed by atoms with E-state index in [4.69, 9.17) is 11.6 Å². The number of benzene rings is 1. The third-order valence-corrected chi connectivity index (χ3v) is 2.98. The number of hydrogen-bond donors (Lipinski definition) is 1. The van der Waals surface area contributed by atoms with Crippen LogP contribution in [0.15, 0.2) is 30.6 Å². The molecule has 0 spiro atoms. The topological polar surface area (TPSA) is 42.7 Å². The molecule has 18 heavy (non-hydrogen) atoms. The molecule has 0 aliphatic carbocycles. The summed E-state index contributed by atoms with van der Waals surface area (Å²) in [6.07, 6.45) is 4.40. The van der Waals surface area contributed by atoms with E-state index >= 15 is 0 Å². The monoisotopic (exact) mass is 268 g/mol. The van der Waals surface area contributed by atoms with Crippen molar-refractivity contribution < 1.29 is 4.39 Å². The van der Waals surface area contributed by atoms with Crippen LogP contribution in [0.2, 0.25) is 5.02 Å². The Morgan fingerprint density at radius 3 is 3.06 bits per heavy atom. The summed E-state index contributed by atoms with van der Waals surface area (Å²) < 4.78 is 14.9. The van der Waals surface area contributed by atoms with Gasteiger partial charge in [0.25, 0.3) is 0 Å². The zero-order valence-corrected chi connectivity index (χ0v) is 10.6. The van der Waals surface area contributed by atoms with Gasteiger partial charge in [-0.1, -0.05) is 28.9 Å². The fourth-order valence-electron chi connectivity index (χ4n) is 1.63. The molecule has 0 amide bonds. The van der Waals surface area contributed by atoms with Gasteiger partial charge >= 0.3 is 0 Å². The minimum atomic E-state index is -0.376. The van der Waals surface area contributed by atoms with Crippen molar-refractivity contribution in [3.8, 4) is 0 Å². The smallest absolute Gasteiger partial charge is 0.142 e. The lowest BCUT2D eigenvalue weighted by atomic mass is 10.2. The number of halogens is 2. The van der Waals surface area contributed by atoms with Gasteiger partial charge in [-0.3, -0.25) is 4.68 Å². The molecule has 0 bridgehead atoms. The van der Waals surface area contributed by atoms with Crippen LogP contribution in [-0.2, 0) is 13.1 Å². The first-order valence-corrected chi connectivity index (χ1v) is 6.13. The highest BCUT2D eigenvalue weighted by Gasteiger charge is 2.04. The summed E-state index contributed by atoms with van der Waals surface area (Å²) in [6, 6.07) is 4.83. The Balaban J connectivity index is 1.70. The van der Waals surface area contributed by atoms with Crippen LogP contribution in [0.3, 0.4) is 0 Å². The van der Waals surface area contributed by atoms with Crippen LogP contribution < -0.4 is 5.32 Å². The maximum Gasteiger partial charge on any atom is 0.142 e. The van der Waals surface area contributed by atoms with Gasteiger partial charge in [0.15, 0.2) is 0 Å². The van der Waals surface area contributed by atoms with Crippen molar-refractivity contribution in [3.05, 3.63) is 47.0 Å². The fraction of sp³-hybridized carbons (Fsp3) is 0.333. The summed E-state index contributed by atoms with van der Waals surface area (Å²) in [5, 5.41) is 11.0. The van der Waals surface area contributed by atoms with E-state index in [0.717, 1.165) is 25.1 Å². The van der Waals surface area contributed by atoms with E-state index in [0.29, 0.717) is 6.54 Å². The molecule has 1 aromatic carbocycles. The molecule has 6 heteroatoms. The molecule has 1 heterocycles. The van der Waals surface area contributed by atoms with Gasteiger partial charge < -0.3 is 5.32 Å². The second-order valence-corrected chi connectivity index (χ2v) is 4.29. The maximum absolute atomic E-state index is 13.2. The number of nitrogens with one attached hydrogen (secondary N) is 1. The lowest BCUT2D eigenvalue weighted by Crippen LogP contribution is -2.17. The highest BCUT2D eigenvalue weighted by atomic mass is 35.5. The van der Waals surface area contributed by atoms with Crippen LogP contribution >= 0.6 is 11.6 Å². The standard InChI is InChI=1S/C12H14ClFN4/c13-12-10(3-1-4-11(12)14)9-15-5-2-7-18-8-6-16-17-18/h1,3-4,6,8,15H,2,5,7,9H2. The van der Waals surface area contributed by atoms with Crippen LogP contribution in [0, 0.1) is 5.82 Å². The van der Waals surface area contributed by atoms with Gasteiger partial charge in [0.05, 0.1) is 11.2 Å². The zero-order valence-electron chi connectivity index (χ0n) is 9.81. The molecule has 2 aromatic rings. The SMILES string of the molecule is Fc1cccc(CNCCCn2ccnn2)c1Cl. The quantitative estimate of drug-likeness (QED) is 0.817. The molecule has 0 aliphatic heterocycles. The molecule has 0 saturated carbocycles. The lowest BCUT2D eigenvalue weighted by molar-refractivity contribution is 0.529. The highest BCUT2D eigenvalue weighted by Crippen LogP contribution is 2.19. The van der Waals surface area contributed by atoms with E-state index in [9.17, 15) is 4.39 Å². The molecule has 1 aromatic heterocycles. The van der Waals surface area contributed by atoms with Crippen molar-refractivity contribution in [1.29, 1.82) is 0 Å². The second-order valence-electron chi connectivity index (χ2n) is 3.91. The Kier molecular flexibility index (Phi) is 4.66. The van der Waals surface area contributed by atoms with Crippen LogP contribution in [-0.4, -0.2) is 21.5 Å². The first kappa shape index (κ1) is 13.0. The molecule has 0 atom stereocenters. The number of nitrogens with zero attached hydrogens (tertiary/aromatic N) is 3. The van der Waals surface area contributed by atoms with Gasteiger partial charge in [0.2, 0.25) is 0 Å². The minimum absolute atomic E-state index is 0.196. The average Bonchev–Trinajstić information content (AvgIpc) is 2.87. The summed E-state index contributed by atoms with van der Waals surface area (Å²) >= 11 is 5.85. The number of aromatic nitrogens is 3. The summed E-state index contributed by atoms with van der Waals surface area (Å²) in [5.74, 6) is -0.376. The number of aryl methyl sites for hydroxylation is 1. The molecular weight excluding hydrogens is 255 g/mol. The van der Waals surface area contributed by atoms with Crippen molar-refractivity contribution in [1.82, 2.24) is 20.3 Å². The lowest BCUT2D eigenvalue weighted by Gasteiger charge is -2.07. The molecule has 0 radical (unpaired) electrons. The first-order chi connectivity index (χ1) is 8.77. The zero-order chi connectivity index (χ0) is 12.8. The number of rotatable bonds is 6. The van der Waals surface area contributed by atoms with Gasteiger partial charge in [-0.05, 0) is 24.6 Å². The van der Waals surface area contributed by atoms with Crippen molar-refractivity contribution in [3.63, 3.8) is 0 Å². The molecule has 96 valence electrons. The van der Waals surface area contributed by atoms with Gasteiger partial charge in [0.1, 0.15) is 5.82 Å². The summed E-state index contributed by atoms with van der Waals surface area (Å²) in [5.41, 5.74) is 0.775. The molecule has 2 rings (SSSR count). The summed E-state index contributed by atoms with van der Waals surface area (Å²) in [7, 11) is 0. The average molecular weight is 269 g/mol. The Bertz CT molecular complexity index is 487. The predicted molar refractivity (Wildman–Crippen MR) is 67.8 cm³/mol. The highest BCUT2D eigenvalue weighted by molar-refractivity contribution is 6.31. The minimum Gasteiger partial charge on any atom is -0.313 e. The summed E-state index contributed by atoms with van der Waals surface area (Å²) in [4.78, 5) is 0. The van der Waals surface area contributed by atoms with E-state index in [-0.39, 0.29) is 10.8 Å². The van der Waals surface area contributed by atoms with Gasteiger partial charge in [-0.15, -0.1) is 5.10 Å². The molecule has 0 fully saturated rings. The first-order valence-electron chi connectivity index (χ1n) is 5.75. The molecule has 4 nitrogen and oxygen atoms in total. The van der Waals surface area contributed by atoms with E-state index in [1.807, 2.05) is 12.3 Å². The van der Waals surface area contributed by atoms with Crippen molar-refractivity contribution in [2.45, 2.75) is 19.5 Å². The third-order valence-electron chi connectivity index (χ3n) is 2.56. The van der Waals surface area contributed by atoms with Crippen LogP contribution in [0.4, 0.5) is 4.39 Å². The van der Waals surface area contributed by atoms with Gasteiger partial charge in [-0.2, -0.15) is 0 Å². The van der Waals surface area contributed by atoms with E-state index in [2.05, 4.69) is 15.6 Å². The van der Waals surface area contributed by atoms with E-state index in [1.54, 1.807) is 16.9 Å². The largest absolute Gasteiger partial charge is 0.313 e. The normalized spacial score (nSPS) is 10.8. The molecule has 1 N–H and O–H groups in total. The van der Waals surface area contributed by atoms with Gasteiger partial charge in [-0.25, -0.2) is 4.39 Å². The summed E-state index contributed by atoms with van der Waals surface area (Å²) in [6.45, 7) is 2.19. The predicted octanol–water partition coefficient (Wildman–Crippen LogP) is 2.25. The van der Waals surface area contributed by atoms with Crippen LogP contribution in [0.5, 0.6) is 0 Å². The molecule has 0 aliphatic rings. The fourth-order valence-corrected chi connectivity index (χ4v) is 1.82. The van der Waals surface area contributed by atoms with E-state index in [1.165, 1.54) is 6.07 Å². The van der Waals surface area contributed by atoms with E-state index < -0.39 is 0 Å². The Morgan fingerprint density at radius 2 is 2.28 bits per heavy atom. The van der Waals surface area contributed by atoms with Crippen LogP contribution in [0.1, 0.15) is 12.0 Å². The van der Waals surface area contributed by atoms with Gasteiger partial charge in [0, 0.05) is 19.3 Å². The molecular formula is C12H14ClFN4. The Morgan fingerprint density at radius 1 is 1.39 bits per heavy atom. The van der Waals surface area contributed by atoms with Crippen molar-refractivity contribution in [2.75, 3.05) is 6.54 Å². The Labute approximate surface area is 110 Å². The van der Waals surface area contributed by atoms with Crippen LogP contribution in [0.25, 0.3) is 0 Å². The molecule has 0 unspecified atom stereocenters. The van der Waals surface area contributed by atoms with Crippen molar-refractivity contribution >= 4 is 11.6 Å². The van der Waals surface area contributed by atoms with Crippen molar-refractivity contribution in [2.24, 2.45) is 0 Å². The molecule has 0 saturated heterocycles. The number of hydrogen-bond acceptors (Lipinski definition) is 3. The maximum atomic E-state index is 13.2. The second kappa shape index (κ2) is 6.47. The Hall–Kier alpha value is -1.46.